The quantitative estimate of drug-likeness (QED) is 0.712. The molecule has 0 saturated carbocycles. The molecule has 0 aliphatic carbocycles. The van der Waals surface area contributed by atoms with Crippen LogP contribution in [0.2, 0.25) is 0 Å². The van der Waals surface area contributed by atoms with Crippen LogP contribution in [0.15, 0.2) is 18.3 Å². The van der Waals surface area contributed by atoms with Crippen molar-refractivity contribution < 1.29 is 9.90 Å². The number of rotatable bonds is 4. The van der Waals surface area contributed by atoms with Gasteiger partial charge in [0.1, 0.15) is 0 Å². The number of ketones is 1. The lowest BCUT2D eigenvalue weighted by molar-refractivity contribution is 0.100. The first-order valence-electron chi connectivity index (χ1n) is 4.42. The Morgan fingerprint density at radius 1 is 1.69 bits per heavy atom. The molecule has 1 N–H and O–H groups in total. The number of carbonyl (C=O) groups excluding carboxylic acids is 1. The fourth-order valence-electron chi connectivity index (χ4n) is 1.29. The zero-order chi connectivity index (χ0) is 9.84. The van der Waals surface area contributed by atoms with Gasteiger partial charge in [-0.05, 0) is 18.1 Å². The number of Topliss-reactive ketones (excluding diaryl/α,β-unsaturated/α-hetero) is 1. The molecule has 0 aliphatic rings. The van der Waals surface area contributed by atoms with Crippen molar-refractivity contribution in [2.75, 3.05) is 6.61 Å². The van der Waals surface area contributed by atoms with Crippen molar-refractivity contribution in [3.8, 4) is 0 Å². The molecule has 3 nitrogen and oxygen atoms in total. The van der Waals surface area contributed by atoms with E-state index in [1.807, 2.05) is 23.8 Å². The van der Waals surface area contributed by atoms with Gasteiger partial charge < -0.3 is 9.67 Å². The second kappa shape index (κ2) is 4.23. The Labute approximate surface area is 78.0 Å². The number of aromatic nitrogens is 1. The van der Waals surface area contributed by atoms with E-state index in [9.17, 15) is 4.79 Å². The maximum Gasteiger partial charge on any atom is 0.176 e. The fourth-order valence-corrected chi connectivity index (χ4v) is 1.29. The van der Waals surface area contributed by atoms with E-state index >= 15 is 0 Å². The SMILES string of the molecule is CC(=O)c1cccn1CC(C)CO. The van der Waals surface area contributed by atoms with Crippen LogP contribution in [-0.2, 0) is 6.54 Å². The van der Waals surface area contributed by atoms with Crippen LogP contribution in [0.1, 0.15) is 24.3 Å². The first-order chi connectivity index (χ1) is 6.15. The van der Waals surface area contributed by atoms with Gasteiger partial charge in [0.05, 0.1) is 5.69 Å². The molecule has 1 atom stereocenters. The van der Waals surface area contributed by atoms with Crippen LogP contribution in [0, 0.1) is 5.92 Å². The van der Waals surface area contributed by atoms with E-state index in [2.05, 4.69) is 0 Å². The number of hydrogen-bond acceptors (Lipinski definition) is 2. The molecule has 72 valence electrons. The number of nitrogens with zero attached hydrogens (tertiary/aromatic N) is 1. The van der Waals surface area contributed by atoms with E-state index in [0.717, 1.165) is 0 Å². The van der Waals surface area contributed by atoms with Crippen molar-refractivity contribution in [3.05, 3.63) is 24.0 Å². The molecular formula is C10H15NO2. The fraction of sp³-hybridized carbons (Fsp3) is 0.500. The topological polar surface area (TPSA) is 42.2 Å². The van der Waals surface area contributed by atoms with Crippen molar-refractivity contribution in [3.63, 3.8) is 0 Å². The number of aliphatic hydroxyl groups is 1. The summed E-state index contributed by atoms with van der Waals surface area (Å²) >= 11 is 0. The second-order valence-electron chi connectivity index (χ2n) is 3.39. The van der Waals surface area contributed by atoms with E-state index in [1.165, 1.54) is 0 Å². The summed E-state index contributed by atoms with van der Waals surface area (Å²) in [5, 5.41) is 8.86. The highest BCUT2D eigenvalue weighted by Gasteiger charge is 2.07. The maximum absolute atomic E-state index is 11.1. The van der Waals surface area contributed by atoms with Crippen molar-refractivity contribution in [1.29, 1.82) is 0 Å². The van der Waals surface area contributed by atoms with Crippen LogP contribution in [0.4, 0.5) is 0 Å². The summed E-state index contributed by atoms with van der Waals surface area (Å²) in [7, 11) is 0. The number of aliphatic hydroxyl groups excluding tert-OH is 1. The summed E-state index contributed by atoms with van der Waals surface area (Å²) in [6, 6.07) is 3.65. The van der Waals surface area contributed by atoms with Crippen LogP contribution in [0.3, 0.4) is 0 Å². The summed E-state index contributed by atoms with van der Waals surface area (Å²) < 4.78 is 1.88. The molecule has 0 amide bonds. The Kier molecular flexibility index (Phi) is 3.25. The van der Waals surface area contributed by atoms with E-state index in [0.29, 0.717) is 12.2 Å². The molecule has 0 aromatic carbocycles. The van der Waals surface area contributed by atoms with Gasteiger partial charge in [0.15, 0.2) is 5.78 Å². The van der Waals surface area contributed by atoms with Crippen molar-refractivity contribution >= 4 is 5.78 Å². The first-order valence-corrected chi connectivity index (χ1v) is 4.42. The zero-order valence-electron chi connectivity index (χ0n) is 8.03. The van der Waals surface area contributed by atoms with E-state index in [1.54, 1.807) is 13.0 Å². The van der Waals surface area contributed by atoms with Crippen LogP contribution in [-0.4, -0.2) is 22.1 Å². The molecule has 1 heterocycles. The normalized spacial score (nSPS) is 12.8. The third-order valence-corrected chi connectivity index (χ3v) is 2.01. The van der Waals surface area contributed by atoms with Crippen LogP contribution < -0.4 is 0 Å². The summed E-state index contributed by atoms with van der Waals surface area (Å²) in [5.74, 6) is 0.251. The molecule has 0 aliphatic heterocycles. The van der Waals surface area contributed by atoms with Crippen molar-refractivity contribution in [2.45, 2.75) is 20.4 Å². The predicted octanol–water partition coefficient (Wildman–Crippen LogP) is 1.32. The van der Waals surface area contributed by atoms with Gasteiger partial charge in [0.25, 0.3) is 0 Å². The molecule has 0 fully saturated rings. The third kappa shape index (κ3) is 2.42. The minimum absolute atomic E-state index is 0.0649. The van der Waals surface area contributed by atoms with E-state index < -0.39 is 0 Å². The van der Waals surface area contributed by atoms with Gasteiger partial charge in [0.2, 0.25) is 0 Å². The van der Waals surface area contributed by atoms with Gasteiger partial charge in [-0.3, -0.25) is 4.79 Å². The van der Waals surface area contributed by atoms with Gasteiger partial charge >= 0.3 is 0 Å². The minimum atomic E-state index is 0.0649. The highest BCUT2D eigenvalue weighted by Crippen LogP contribution is 2.07. The Morgan fingerprint density at radius 3 is 2.92 bits per heavy atom. The summed E-state index contributed by atoms with van der Waals surface area (Å²) in [6.07, 6.45) is 1.86. The van der Waals surface area contributed by atoms with Crippen LogP contribution >= 0.6 is 0 Å². The Balaban J connectivity index is 2.76. The molecule has 0 saturated heterocycles. The van der Waals surface area contributed by atoms with Gasteiger partial charge in [-0.1, -0.05) is 6.92 Å². The average Bonchev–Trinajstić information content (AvgIpc) is 2.52. The Bertz CT molecular complexity index is 291. The van der Waals surface area contributed by atoms with Crippen LogP contribution in [0.25, 0.3) is 0 Å². The third-order valence-electron chi connectivity index (χ3n) is 2.01. The molecule has 3 heteroatoms. The number of hydrogen-bond donors (Lipinski definition) is 1. The molecule has 1 unspecified atom stereocenters. The predicted molar refractivity (Wildman–Crippen MR) is 50.7 cm³/mol. The maximum atomic E-state index is 11.1. The van der Waals surface area contributed by atoms with Gasteiger partial charge in [0, 0.05) is 26.3 Å². The largest absolute Gasteiger partial charge is 0.396 e. The number of carbonyl (C=O) groups is 1. The lowest BCUT2D eigenvalue weighted by Gasteiger charge is -2.11. The molecule has 0 bridgehead atoms. The van der Waals surface area contributed by atoms with Gasteiger partial charge in [-0.15, -0.1) is 0 Å². The van der Waals surface area contributed by atoms with Crippen molar-refractivity contribution in [1.82, 2.24) is 4.57 Å². The highest BCUT2D eigenvalue weighted by atomic mass is 16.3. The van der Waals surface area contributed by atoms with Crippen LogP contribution in [0.5, 0.6) is 0 Å². The zero-order valence-corrected chi connectivity index (χ0v) is 8.03. The standard InChI is InChI=1S/C10H15NO2/c1-8(7-12)6-11-5-3-4-10(11)9(2)13/h3-5,8,12H,6-7H2,1-2H3. The summed E-state index contributed by atoms with van der Waals surface area (Å²) in [5.41, 5.74) is 0.709. The molecule has 1 aromatic rings. The average molecular weight is 181 g/mol. The lowest BCUT2D eigenvalue weighted by Crippen LogP contribution is -2.14. The molecule has 13 heavy (non-hydrogen) atoms. The smallest absolute Gasteiger partial charge is 0.176 e. The monoisotopic (exact) mass is 181 g/mol. The Morgan fingerprint density at radius 2 is 2.38 bits per heavy atom. The molecule has 1 rings (SSSR count). The minimum Gasteiger partial charge on any atom is -0.396 e. The van der Waals surface area contributed by atoms with Gasteiger partial charge in [-0.2, -0.15) is 0 Å². The molecule has 1 aromatic heterocycles. The van der Waals surface area contributed by atoms with E-state index in [4.69, 9.17) is 5.11 Å². The van der Waals surface area contributed by atoms with Crippen molar-refractivity contribution in [2.24, 2.45) is 5.92 Å². The summed E-state index contributed by atoms with van der Waals surface area (Å²) in [4.78, 5) is 11.1. The molecule has 0 spiro atoms. The molecule has 0 radical (unpaired) electrons. The Hall–Kier alpha value is -1.09. The summed E-state index contributed by atoms with van der Waals surface area (Å²) in [6.45, 7) is 4.34. The molecular weight excluding hydrogens is 166 g/mol. The highest BCUT2D eigenvalue weighted by molar-refractivity contribution is 5.92. The van der Waals surface area contributed by atoms with Gasteiger partial charge in [-0.25, -0.2) is 0 Å². The first kappa shape index (κ1) is 9.99. The second-order valence-corrected chi connectivity index (χ2v) is 3.39. The van der Waals surface area contributed by atoms with E-state index in [-0.39, 0.29) is 18.3 Å². The lowest BCUT2D eigenvalue weighted by atomic mass is 10.2.